The fourth-order valence-corrected chi connectivity index (χ4v) is 2.02. The SMILES string of the molecule is Fc1ccc(Cc2ccc3ccccc3n2)cc1. The predicted octanol–water partition coefficient (Wildman–Crippen LogP) is 3.96. The standard InChI is InChI=1S/C16H12FN/c17-14-8-5-12(6-9-14)11-15-10-7-13-3-1-2-4-16(13)18-15/h1-10H,11H2. The van der Waals surface area contributed by atoms with E-state index in [0.717, 1.165) is 28.6 Å². The molecular formula is C16H12FN. The fraction of sp³-hybridized carbons (Fsp3) is 0.0625. The van der Waals surface area contributed by atoms with Crippen LogP contribution in [0.3, 0.4) is 0 Å². The van der Waals surface area contributed by atoms with E-state index in [4.69, 9.17) is 0 Å². The molecule has 0 aliphatic rings. The Kier molecular flexibility index (Phi) is 2.77. The monoisotopic (exact) mass is 237 g/mol. The van der Waals surface area contributed by atoms with Gasteiger partial charge in [-0.05, 0) is 29.8 Å². The van der Waals surface area contributed by atoms with Crippen molar-refractivity contribution in [2.75, 3.05) is 0 Å². The largest absolute Gasteiger partial charge is 0.252 e. The number of rotatable bonds is 2. The van der Waals surface area contributed by atoms with E-state index in [1.54, 1.807) is 12.1 Å². The van der Waals surface area contributed by atoms with Gasteiger partial charge in [-0.3, -0.25) is 4.98 Å². The third kappa shape index (κ3) is 2.23. The molecule has 3 rings (SSSR count). The van der Waals surface area contributed by atoms with Crippen molar-refractivity contribution in [3.8, 4) is 0 Å². The maximum absolute atomic E-state index is 12.8. The van der Waals surface area contributed by atoms with Crippen LogP contribution in [0.15, 0.2) is 60.7 Å². The number of hydrogen-bond donors (Lipinski definition) is 0. The summed E-state index contributed by atoms with van der Waals surface area (Å²) >= 11 is 0. The zero-order valence-electron chi connectivity index (χ0n) is 9.81. The zero-order valence-corrected chi connectivity index (χ0v) is 9.81. The number of para-hydroxylation sites is 1. The fourth-order valence-electron chi connectivity index (χ4n) is 2.02. The molecule has 0 atom stereocenters. The molecule has 88 valence electrons. The molecule has 3 aromatic rings. The van der Waals surface area contributed by atoms with Gasteiger partial charge in [0.25, 0.3) is 0 Å². The number of hydrogen-bond acceptors (Lipinski definition) is 1. The van der Waals surface area contributed by atoms with Crippen LogP contribution < -0.4 is 0 Å². The Morgan fingerprint density at radius 3 is 2.44 bits per heavy atom. The van der Waals surface area contributed by atoms with Gasteiger partial charge >= 0.3 is 0 Å². The van der Waals surface area contributed by atoms with Gasteiger partial charge in [0.2, 0.25) is 0 Å². The minimum atomic E-state index is -0.203. The topological polar surface area (TPSA) is 12.9 Å². The lowest BCUT2D eigenvalue weighted by molar-refractivity contribution is 0.627. The first-order valence-corrected chi connectivity index (χ1v) is 5.90. The van der Waals surface area contributed by atoms with Crippen molar-refractivity contribution in [1.82, 2.24) is 4.98 Å². The van der Waals surface area contributed by atoms with Crippen molar-refractivity contribution < 1.29 is 4.39 Å². The molecule has 0 saturated heterocycles. The summed E-state index contributed by atoms with van der Waals surface area (Å²) in [6, 6.07) is 18.7. The van der Waals surface area contributed by atoms with E-state index in [0.29, 0.717) is 0 Å². The van der Waals surface area contributed by atoms with Gasteiger partial charge in [-0.2, -0.15) is 0 Å². The third-order valence-corrected chi connectivity index (χ3v) is 2.95. The highest BCUT2D eigenvalue weighted by molar-refractivity contribution is 5.78. The van der Waals surface area contributed by atoms with Gasteiger partial charge in [-0.15, -0.1) is 0 Å². The molecule has 0 radical (unpaired) electrons. The average Bonchev–Trinajstić information content (AvgIpc) is 2.41. The maximum Gasteiger partial charge on any atom is 0.123 e. The lowest BCUT2D eigenvalue weighted by atomic mass is 10.1. The molecule has 0 fully saturated rings. The number of nitrogens with zero attached hydrogens (tertiary/aromatic N) is 1. The van der Waals surface area contributed by atoms with Crippen molar-refractivity contribution in [3.05, 3.63) is 77.7 Å². The predicted molar refractivity (Wildman–Crippen MR) is 70.9 cm³/mol. The van der Waals surface area contributed by atoms with E-state index in [1.165, 1.54) is 12.1 Å². The van der Waals surface area contributed by atoms with Crippen LogP contribution in [0.1, 0.15) is 11.3 Å². The maximum atomic E-state index is 12.8. The first-order valence-electron chi connectivity index (χ1n) is 5.90. The average molecular weight is 237 g/mol. The number of fused-ring (bicyclic) bond motifs is 1. The summed E-state index contributed by atoms with van der Waals surface area (Å²) in [5.74, 6) is -0.203. The summed E-state index contributed by atoms with van der Waals surface area (Å²) in [6.07, 6.45) is 0.727. The third-order valence-electron chi connectivity index (χ3n) is 2.95. The Morgan fingerprint density at radius 1 is 0.833 bits per heavy atom. The number of halogens is 1. The second-order valence-corrected chi connectivity index (χ2v) is 4.30. The second kappa shape index (κ2) is 4.57. The van der Waals surface area contributed by atoms with Crippen LogP contribution in [0, 0.1) is 5.82 Å². The molecule has 0 bridgehead atoms. The van der Waals surface area contributed by atoms with E-state index >= 15 is 0 Å². The van der Waals surface area contributed by atoms with Crippen LogP contribution in [0.2, 0.25) is 0 Å². The lowest BCUT2D eigenvalue weighted by Gasteiger charge is -2.03. The molecule has 0 saturated carbocycles. The number of pyridine rings is 1. The zero-order chi connectivity index (χ0) is 12.4. The van der Waals surface area contributed by atoms with Gasteiger partial charge in [-0.25, -0.2) is 4.39 Å². The molecule has 2 aromatic carbocycles. The van der Waals surface area contributed by atoms with Crippen LogP contribution in [-0.4, -0.2) is 4.98 Å². The molecule has 0 unspecified atom stereocenters. The Morgan fingerprint density at radius 2 is 1.61 bits per heavy atom. The Hall–Kier alpha value is -2.22. The quantitative estimate of drug-likeness (QED) is 0.657. The number of benzene rings is 2. The van der Waals surface area contributed by atoms with Crippen molar-refractivity contribution in [3.63, 3.8) is 0 Å². The van der Waals surface area contributed by atoms with Gasteiger partial charge in [0.15, 0.2) is 0 Å². The van der Waals surface area contributed by atoms with E-state index in [9.17, 15) is 4.39 Å². The second-order valence-electron chi connectivity index (χ2n) is 4.30. The summed E-state index contributed by atoms with van der Waals surface area (Å²) in [4.78, 5) is 4.60. The summed E-state index contributed by atoms with van der Waals surface area (Å²) in [5.41, 5.74) is 3.07. The van der Waals surface area contributed by atoms with Gasteiger partial charge < -0.3 is 0 Å². The molecule has 0 spiro atoms. The van der Waals surface area contributed by atoms with Crippen molar-refractivity contribution in [2.24, 2.45) is 0 Å². The van der Waals surface area contributed by atoms with Crippen molar-refractivity contribution >= 4 is 10.9 Å². The molecule has 18 heavy (non-hydrogen) atoms. The van der Waals surface area contributed by atoms with Gasteiger partial charge in [0.05, 0.1) is 5.52 Å². The molecule has 0 aliphatic carbocycles. The van der Waals surface area contributed by atoms with E-state index < -0.39 is 0 Å². The first kappa shape index (κ1) is 10.9. The Bertz CT molecular complexity index is 674. The van der Waals surface area contributed by atoms with Crippen LogP contribution >= 0.6 is 0 Å². The smallest absolute Gasteiger partial charge is 0.123 e. The van der Waals surface area contributed by atoms with Crippen LogP contribution in [0.4, 0.5) is 4.39 Å². The summed E-state index contributed by atoms with van der Waals surface area (Å²) in [5, 5.41) is 1.14. The van der Waals surface area contributed by atoms with Crippen LogP contribution in [-0.2, 0) is 6.42 Å². The minimum absolute atomic E-state index is 0.203. The van der Waals surface area contributed by atoms with E-state index in [-0.39, 0.29) is 5.82 Å². The minimum Gasteiger partial charge on any atom is -0.252 e. The molecule has 0 amide bonds. The summed E-state index contributed by atoms with van der Waals surface area (Å²) in [6.45, 7) is 0. The summed E-state index contributed by atoms with van der Waals surface area (Å²) < 4.78 is 12.8. The van der Waals surface area contributed by atoms with Crippen LogP contribution in [0.25, 0.3) is 10.9 Å². The first-order chi connectivity index (χ1) is 8.81. The normalized spacial score (nSPS) is 10.7. The summed E-state index contributed by atoms with van der Waals surface area (Å²) in [7, 11) is 0. The molecule has 1 aromatic heterocycles. The van der Waals surface area contributed by atoms with E-state index in [2.05, 4.69) is 11.1 Å². The number of aromatic nitrogens is 1. The van der Waals surface area contributed by atoms with Crippen molar-refractivity contribution in [1.29, 1.82) is 0 Å². The van der Waals surface area contributed by atoms with Gasteiger partial charge in [0.1, 0.15) is 5.82 Å². The van der Waals surface area contributed by atoms with E-state index in [1.807, 2.05) is 30.3 Å². The van der Waals surface area contributed by atoms with Gasteiger partial charge in [-0.1, -0.05) is 36.4 Å². The molecule has 1 heterocycles. The molecule has 1 nitrogen and oxygen atoms in total. The highest BCUT2D eigenvalue weighted by Gasteiger charge is 2.00. The van der Waals surface area contributed by atoms with Crippen molar-refractivity contribution in [2.45, 2.75) is 6.42 Å². The van der Waals surface area contributed by atoms with Gasteiger partial charge in [0, 0.05) is 17.5 Å². The highest BCUT2D eigenvalue weighted by atomic mass is 19.1. The molecule has 0 N–H and O–H groups in total. The lowest BCUT2D eigenvalue weighted by Crippen LogP contribution is -1.92. The Balaban J connectivity index is 1.92. The van der Waals surface area contributed by atoms with Crippen LogP contribution in [0.5, 0.6) is 0 Å². The molecule has 2 heteroatoms. The highest BCUT2D eigenvalue weighted by Crippen LogP contribution is 2.14. The Labute approximate surface area is 105 Å². The molecular weight excluding hydrogens is 225 g/mol. The molecule has 0 aliphatic heterocycles.